The fraction of sp³-hybridized carbons (Fsp3) is 0.458. The Hall–Kier alpha value is -2.16. The number of anilines is 2. The highest BCUT2D eigenvalue weighted by Crippen LogP contribution is 2.26. The maximum absolute atomic E-state index is 5.37. The van der Waals surface area contributed by atoms with Gasteiger partial charge in [-0.25, -0.2) is 0 Å². The van der Waals surface area contributed by atoms with E-state index in [1.165, 1.54) is 17.8 Å². The Balaban J connectivity index is 0.00000272. The van der Waals surface area contributed by atoms with Gasteiger partial charge in [0, 0.05) is 63.3 Å². The molecular weight excluding hydrogens is 501 g/mol. The topological polar surface area (TPSA) is 52.1 Å². The van der Waals surface area contributed by atoms with Crippen LogP contribution < -0.4 is 25.2 Å². The number of guanidine groups is 1. The fourth-order valence-electron chi connectivity index (χ4n) is 4.42. The van der Waals surface area contributed by atoms with E-state index in [0.717, 1.165) is 50.9 Å². The Kier molecular flexibility index (Phi) is 8.69. The monoisotopic (exact) mass is 535 g/mol. The van der Waals surface area contributed by atoms with Crippen molar-refractivity contribution in [3.05, 3.63) is 54.6 Å². The molecule has 0 aliphatic carbocycles. The normalized spacial score (nSPS) is 21.0. The highest BCUT2D eigenvalue weighted by Gasteiger charge is 2.25. The summed E-state index contributed by atoms with van der Waals surface area (Å²) in [5, 5.41) is 7.17. The summed E-state index contributed by atoms with van der Waals surface area (Å²) in [5.41, 5.74) is 2.54. The number of methoxy groups -OCH3 is 1. The average molecular weight is 535 g/mol. The summed E-state index contributed by atoms with van der Waals surface area (Å²) in [6.45, 7) is 5.17. The number of para-hydroxylation sites is 1. The van der Waals surface area contributed by atoms with Gasteiger partial charge in [-0.3, -0.25) is 4.99 Å². The number of hydrogen-bond acceptors (Lipinski definition) is 4. The van der Waals surface area contributed by atoms with Crippen LogP contribution in [-0.2, 0) is 0 Å². The molecule has 168 valence electrons. The smallest absolute Gasteiger partial charge is 0.191 e. The molecule has 0 bridgehead atoms. The molecule has 2 atom stereocenters. The molecule has 2 aromatic rings. The molecule has 4 rings (SSSR count). The van der Waals surface area contributed by atoms with Gasteiger partial charge < -0.3 is 25.2 Å². The van der Waals surface area contributed by atoms with Crippen molar-refractivity contribution < 1.29 is 4.74 Å². The average Bonchev–Trinajstić information content (AvgIpc) is 3.47. The van der Waals surface area contributed by atoms with Crippen LogP contribution in [0.15, 0.2) is 59.6 Å². The van der Waals surface area contributed by atoms with Gasteiger partial charge in [0.05, 0.1) is 7.11 Å². The Bertz CT molecular complexity index is 847. The summed E-state index contributed by atoms with van der Waals surface area (Å²) < 4.78 is 5.37. The van der Waals surface area contributed by atoms with Crippen LogP contribution in [0.4, 0.5) is 11.4 Å². The van der Waals surface area contributed by atoms with Gasteiger partial charge in [-0.15, -0.1) is 24.0 Å². The minimum absolute atomic E-state index is 0. The zero-order valence-electron chi connectivity index (χ0n) is 18.5. The molecule has 2 unspecified atom stereocenters. The first kappa shape index (κ1) is 23.5. The number of ether oxygens (including phenoxy) is 1. The lowest BCUT2D eigenvalue weighted by molar-refractivity contribution is 0.415. The van der Waals surface area contributed by atoms with E-state index in [-0.39, 0.29) is 24.0 Å². The van der Waals surface area contributed by atoms with Crippen molar-refractivity contribution in [2.45, 2.75) is 18.9 Å². The van der Waals surface area contributed by atoms with Crippen molar-refractivity contribution in [2.75, 3.05) is 56.7 Å². The first-order chi connectivity index (χ1) is 14.7. The fourth-order valence-corrected chi connectivity index (χ4v) is 4.42. The number of benzene rings is 2. The molecule has 2 fully saturated rings. The molecule has 31 heavy (non-hydrogen) atoms. The first-order valence-electron chi connectivity index (χ1n) is 10.9. The predicted octanol–water partition coefficient (Wildman–Crippen LogP) is 3.58. The third kappa shape index (κ3) is 6.18. The number of rotatable bonds is 6. The molecule has 2 N–H and O–H groups in total. The quantitative estimate of drug-likeness (QED) is 0.337. The number of halogens is 1. The van der Waals surface area contributed by atoms with Crippen molar-refractivity contribution in [3.63, 3.8) is 0 Å². The van der Waals surface area contributed by atoms with E-state index < -0.39 is 0 Å². The molecule has 0 amide bonds. The summed E-state index contributed by atoms with van der Waals surface area (Å²) in [5.74, 6) is 2.44. The van der Waals surface area contributed by atoms with Crippen LogP contribution in [0, 0.1) is 5.92 Å². The van der Waals surface area contributed by atoms with E-state index in [4.69, 9.17) is 4.74 Å². The molecule has 2 aliphatic rings. The maximum atomic E-state index is 5.37. The Labute approximate surface area is 203 Å². The van der Waals surface area contributed by atoms with Crippen molar-refractivity contribution in [1.82, 2.24) is 10.6 Å². The highest BCUT2D eigenvalue weighted by molar-refractivity contribution is 14.0. The predicted molar refractivity (Wildman–Crippen MR) is 140 cm³/mol. The van der Waals surface area contributed by atoms with E-state index in [0.29, 0.717) is 12.0 Å². The largest absolute Gasteiger partial charge is 0.497 e. The number of nitrogens with one attached hydrogen (secondary N) is 2. The van der Waals surface area contributed by atoms with Crippen LogP contribution in [0.1, 0.15) is 12.8 Å². The minimum atomic E-state index is 0. The second kappa shape index (κ2) is 11.5. The molecule has 0 radical (unpaired) electrons. The zero-order chi connectivity index (χ0) is 20.8. The van der Waals surface area contributed by atoms with Gasteiger partial charge in [0.15, 0.2) is 5.96 Å². The second-order valence-electron chi connectivity index (χ2n) is 8.17. The Morgan fingerprint density at radius 3 is 2.52 bits per heavy atom. The van der Waals surface area contributed by atoms with Crippen LogP contribution in [0.2, 0.25) is 0 Å². The van der Waals surface area contributed by atoms with Gasteiger partial charge in [-0.05, 0) is 43.0 Å². The number of nitrogens with zero attached hydrogens (tertiary/aromatic N) is 3. The maximum Gasteiger partial charge on any atom is 0.191 e. The van der Waals surface area contributed by atoms with E-state index in [9.17, 15) is 0 Å². The molecule has 0 spiro atoms. The lowest BCUT2D eigenvalue weighted by Crippen LogP contribution is -2.46. The summed E-state index contributed by atoms with van der Waals surface area (Å²) in [7, 11) is 3.58. The van der Waals surface area contributed by atoms with Gasteiger partial charge >= 0.3 is 0 Å². The van der Waals surface area contributed by atoms with Crippen LogP contribution in [0.25, 0.3) is 0 Å². The lowest BCUT2D eigenvalue weighted by Gasteiger charge is -2.22. The molecule has 2 saturated heterocycles. The zero-order valence-corrected chi connectivity index (χ0v) is 20.8. The Morgan fingerprint density at radius 1 is 1.00 bits per heavy atom. The standard InChI is InChI=1S/C24H33N5O.HI/c1-25-24(27-20-12-14-29(18-20)21-7-4-3-5-8-21)26-16-19-11-13-28(17-19)22-9-6-10-23(15-22)30-2;/h3-10,15,19-20H,11-14,16-18H2,1-2H3,(H2,25,26,27);1H. The third-order valence-corrected chi connectivity index (χ3v) is 6.14. The van der Waals surface area contributed by atoms with E-state index in [1.807, 2.05) is 13.1 Å². The van der Waals surface area contributed by atoms with Crippen LogP contribution in [0.5, 0.6) is 5.75 Å². The summed E-state index contributed by atoms with van der Waals surface area (Å²) >= 11 is 0. The van der Waals surface area contributed by atoms with Gasteiger partial charge in [0.1, 0.15) is 5.75 Å². The number of hydrogen-bond donors (Lipinski definition) is 2. The van der Waals surface area contributed by atoms with Crippen molar-refractivity contribution in [1.29, 1.82) is 0 Å². The van der Waals surface area contributed by atoms with E-state index in [2.05, 4.69) is 74.0 Å². The molecule has 6 nitrogen and oxygen atoms in total. The first-order valence-corrected chi connectivity index (χ1v) is 10.9. The SMILES string of the molecule is CN=C(NCC1CCN(c2cccc(OC)c2)C1)NC1CCN(c2ccccc2)C1.I. The second-order valence-corrected chi connectivity index (χ2v) is 8.17. The van der Waals surface area contributed by atoms with Gasteiger partial charge in [0.2, 0.25) is 0 Å². The molecule has 2 aliphatic heterocycles. The van der Waals surface area contributed by atoms with Gasteiger partial charge in [0.25, 0.3) is 0 Å². The molecule has 2 aromatic carbocycles. The van der Waals surface area contributed by atoms with E-state index in [1.54, 1.807) is 7.11 Å². The third-order valence-electron chi connectivity index (χ3n) is 6.14. The summed E-state index contributed by atoms with van der Waals surface area (Å²) in [6, 6.07) is 19.4. The highest BCUT2D eigenvalue weighted by atomic mass is 127. The van der Waals surface area contributed by atoms with Gasteiger partial charge in [-0.2, -0.15) is 0 Å². The summed E-state index contributed by atoms with van der Waals surface area (Å²) in [4.78, 5) is 9.34. The van der Waals surface area contributed by atoms with Crippen molar-refractivity contribution in [3.8, 4) is 5.75 Å². The molecule has 0 saturated carbocycles. The molecule has 0 aromatic heterocycles. The minimum Gasteiger partial charge on any atom is -0.497 e. The van der Waals surface area contributed by atoms with Crippen molar-refractivity contribution in [2.24, 2.45) is 10.9 Å². The lowest BCUT2D eigenvalue weighted by atomic mass is 10.1. The van der Waals surface area contributed by atoms with E-state index >= 15 is 0 Å². The molecule has 7 heteroatoms. The van der Waals surface area contributed by atoms with Crippen LogP contribution in [-0.4, -0.2) is 58.9 Å². The number of aliphatic imine (C=N–C) groups is 1. The summed E-state index contributed by atoms with van der Waals surface area (Å²) in [6.07, 6.45) is 2.31. The van der Waals surface area contributed by atoms with Gasteiger partial charge in [-0.1, -0.05) is 24.3 Å². The van der Waals surface area contributed by atoms with Crippen LogP contribution >= 0.6 is 24.0 Å². The Morgan fingerprint density at radius 2 is 1.74 bits per heavy atom. The van der Waals surface area contributed by atoms with Crippen LogP contribution in [0.3, 0.4) is 0 Å². The van der Waals surface area contributed by atoms with Crippen molar-refractivity contribution >= 4 is 41.3 Å². The molecular formula is C24H34IN5O. The molecule has 2 heterocycles.